The van der Waals surface area contributed by atoms with E-state index in [0.29, 0.717) is 5.75 Å². The largest absolute Gasteiger partial charge is 0.508 e. The number of fused-ring (bicyclic) bond motifs is 1. The first-order chi connectivity index (χ1) is 5.68. The van der Waals surface area contributed by atoms with Crippen molar-refractivity contribution in [2.45, 2.75) is 0 Å². The zero-order chi connectivity index (χ0) is 8.72. The van der Waals surface area contributed by atoms with E-state index in [2.05, 4.69) is 15.9 Å². The second-order valence-corrected chi connectivity index (χ2v) is 3.58. The second kappa shape index (κ2) is 2.52. The van der Waals surface area contributed by atoms with Gasteiger partial charge in [-0.2, -0.15) is 0 Å². The molecule has 1 heterocycles. The first-order valence-corrected chi connectivity index (χ1v) is 4.42. The molecule has 0 aliphatic rings. The van der Waals surface area contributed by atoms with Crippen molar-refractivity contribution in [2.75, 3.05) is 0 Å². The molecule has 1 N–H and O–H groups in total. The van der Waals surface area contributed by atoms with E-state index in [1.807, 2.05) is 23.7 Å². The zero-order valence-electron chi connectivity index (χ0n) is 6.58. The molecular formula is C9H8BrNO. The van der Waals surface area contributed by atoms with Gasteiger partial charge in [-0.15, -0.1) is 0 Å². The summed E-state index contributed by atoms with van der Waals surface area (Å²) in [7, 11) is 1.98. The maximum absolute atomic E-state index is 9.21. The van der Waals surface area contributed by atoms with Crippen molar-refractivity contribution < 1.29 is 5.11 Å². The summed E-state index contributed by atoms with van der Waals surface area (Å²) in [6.07, 6.45) is 0. The van der Waals surface area contributed by atoms with Gasteiger partial charge in [-0.1, -0.05) is 0 Å². The number of benzene rings is 1. The number of hydrogen-bond donors (Lipinski definition) is 1. The third-order valence-corrected chi connectivity index (χ3v) is 2.73. The molecule has 2 rings (SSSR count). The summed E-state index contributed by atoms with van der Waals surface area (Å²) in [5.41, 5.74) is 1.11. The molecule has 2 nitrogen and oxygen atoms in total. The molecule has 0 unspecified atom stereocenters. The van der Waals surface area contributed by atoms with Crippen LogP contribution in [0.25, 0.3) is 10.9 Å². The van der Waals surface area contributed by atoms with Crippen LogP contribution in [0.15, 0.2) is 28.9 Å². The molecule has 0 spiro atoms. The molecule has 0 radical (unpaired) electrons. The number of hydrogen-bond acceptors (Lipinski definition) is 1. The fourth-order valence-corrected chi connectivity index (χ4v) is 1.74. The van der Waals surface area contributed by atoms with Crippen molar-refractivity contribution in [1.82, 2.24) is 4.57 Å². The molecule has 0 fully saturated rings. The van der Waals surface area contributed by atoms with Gasteiger partial charge in [0.2, 0.25) is 0 Å². The molecule has 0 bridgehead atoms. The van der Waals surface area contributed by atoms with E-state index in [-0.39, 0.29) is 0 Å². The minimum absolute atomic E-state index is 0.306. The lowest BCUT2D eigenvalue weighted by atomic mass is 10.2. The highest BCUT2D eigenvalue weighted by atomic mass is 79.9. The minimum atomic E-state index is 0.306. The van der Waals surface area contributed by atoms with Crippen molar-refractivity contribution in [2.24, 2.45) is 7.05 Å². The van der Waals surface area contributed by atoms with E-state index in [1.54, 1.807) is 12.1 Å². The smallest absolute Gasteiger partial charge is 0.116 e. The van der Waals surface area contributed by atoms with Crippen LogP contribution in [-0.2, 0) is 7.05 Å². The fourth-order valence-electron chi connectivity index (χ4n) is 1.30. The highest BCUT2D eigenvalue weighted by Crippen LogP contribution is 2.25. The molecule has 3 heteroatoms. The number of rotatable bonds is 0. The highest BCUT2D eigenvalue weighted by Gasteiger charge is 2.02. The van der Waals surface area contributed by atoms with Crippen LogP contribution in [0.4, 0.5) is 0 Å². The van der Waals surface area contributed by atoms with Crippen LogP contribution >= 0.6 is 15.9 Å². The molecule has 1 aromatic carbocycles. The van der Waals surface area contributed by atoms with Crippen LogP contribution in [0.2, 0.25) is 0 Å². The lowest BCUT2D eigenvalue weighted by molar-refractivity contribution is 0.476. The molecule has 2 aromatic rings. The molecule has 12 heavy (non-hydrogen) atoms. The number of halogens is 1. The first-order valence-electron chi connectivity index (χ1n) is 3.62. The van der Waals surface area contributed by atoms with E-state index in [9.17, 15) is 5.11 Å². The SMILES string of the molecule is Cn1c(Br)cc2cc(O)ccc21. The van der Waals surface area contributed by atoms with Crippen molar-refractivity contribution in [3.8, 4) is 5.75 Å². The Bertz CT molecular complexity index is 433. The summed E-state index contributed by atoms with van der Waals surface area (Å²) in [6, 6.07) is 7.32. The summed E-state index contributed by atoms with van der Waals surface area (Å²) >= 11 is 3.41. The normalized spacial score (nSPS) is 10.8. The molecule has 0 saturated carbocycles. The first kappa shape index (κ1) is 7.68. The number of aromatic hydroxyl groups is 1. The molecule has 0 atom stereocenters. The van der Waals surface area contributed by atoms with Gasteiger partial charge < -0.3 is 9.67 Å². The van der Waals surface area contributed by atoms with Crippen molar-refractivity contribution in [1.29, 1.82) is 0 Å². The molecular weight excluding hydrogens is 218 g/mol. The van der Waals surface area contributed by atoms with Crippen LogP contribution in [0, 0.1) is 0 Å². The summed E-state index contributed by atoms with van der Waals surface area (Å²) in [4.78, 5) is 0. The Morgan fingerprint density at radius 3 is 2.83 bits per heavy atom. The average molecular weight is 226 g/mol. The number of phenols is 1. The summed E-state index contributed by atoms with van der Waals surface area (Å²) in [5.74, 6) is 0.306. The number of aryl methyl sites for hydroxylation is 1. The predicted octanol–water partition coefficient (Wildman–Crippen LogP) is 2.65. The van der Waals surface area contributed by atoms with Crippen molar-refractivity contribution >= 4 is 26.8 Å². The monoisotopic (exact) mass is 225 g/mol. The Labute approximate surface area is 78.6 Å². The van der Waals surface area contributed by atoms with Gasteiger partial charge in [0.1, 0.15) is 5.75 Å². The van der Waals surface area contributed by atoms with E-state index in [0.717, 1.165) is 15.5 Å². The van der Waals surface area contributed by atoms with E-state index < -0.39 is 0 Å². The number of phenolic OH excluding ortho intramolecular Hbond substituents is 1. The maximum atomic E-state index is 9.21. The Morgan fingerprint density at radius 1 is 1.33 bits per heavy atom. The van der Waals surface area contributed by atoms with Crippen LogP contribution in [-0.4, -0.2) is 9.67 Å². The average Bonchev–Trinajstić information content (AvgIpc) is 2.28. The lowest BCUT2D eigenvalue weighted by Gasteiger charge is -1.96. The number of nitrogens with zero attached hydrogens (tertiary/aromatic N) is 1. The van der Waals surface area contributed by atoms with E-state index >= 15 is 0 Å². The molecule has 1 aromatic heterocycles. The zero-order valence-corrected chi connectivity index (χ0v) is 8.17. The van der Waals surface area contributed by atoms with Crippen LogP contribution in [0.3, 0.4) is 0 Å². The predicted molar refractivity (Wildman–Crippen MR) is 52.3 cm³/mol. The van der Waals surface area contributed by atoms with Gasteiger partial charge in [-0.05, 0) is 40.2 Å². The van der Waals surface area contributed by atoms with Gasteiger partial charge in [-0.3, -0.25) is 0 Å². The summed E-state index contributed by atoms with van der Waals surface area (Å²) < 4.78 is 3.04. The Hall–Kier alpha value is -0.960. The van der Waals surface area contributed by atoms with Gasteiger partial charge in [-0.25, -0.2) is 0 Å². The van der Waals surface area contributed by atoms with Crippen molar-refractivity contribution in [3.63, 3.8) is 0 Å². The molecule has 0 saturated heterocycles. The quantitative estimate of drug-likeness (QED) is 0.733. The van der Waals surface area contributed by atoms with Gasteiger partial charge in [0, 0.05) is 18.0 Å². The summed E-state index contributed by atoms with van der Waals surface area (Å²) in [5, 5.41) is 10.3. The minimum Gasteiger partial charge on any atom is -0.508 e. The van der Waals surface area contributed by atoms with Crippen molar-refractivity contribution in [3.05, 3.63) is 28.9 Å². The third kappa shape index (κ3) is 1.01. The van der Waals surface area contributed by atoms with Gasteiger partial charge in [0.05, 0.1) is 4.60 Å². The topological polar surface area (TPSA) is 25.2 Å². The second-order valence-electron chi connectivity index (χ2n) is 2.77. The fraction of sp³-hybridized carbons (Fsp3) is 0.111. The molecule has 62 valence electrons. The highest BCUT2D eigenvalue weighted by molar-refractivity contribution is 9.10. The standard InChI is InChI=1S/C9H8BrNO/c1-11-8-3-2-7(12)4-6(8)5-9(11)10/h2-5,12H,1H3. The van der Waals surface area contributed by atoms with Crippen LogP contribution in [0.1, 0.15) is 0 Å². The molecule has 0 aliphatic heterocycles. The Kier molecular flexibility index (Phi) is 1.61. The van der Waals surface area contributed by atoms with E-state index in [1.165, 1.54) is 0 Å². The molecule has 0 aliphatic carbocycles. The van der Waals surface area contributed by atoms with E-state index in [4.69, 9.17) is 0 Å². The Morgan fingerprint density at radius 2 is 2.08 bits per heavy atom. The lowest BCUT2D eigenvalue weighted by Crippen LogP contribution is -1.85. The van der Waals surface area contributed by atoms with Crippen LogP contribution < -0.4 is 0 Å². The van der Waals surface area contributed by atoms with Gasteiger partial charge >= 0.3 is 0 Å². The maximum Gasteiger partial charge on any atom is 0.116 e. The molecule has 0 amide bonds. The third-order valence-electron chi connectivity index (χ3n) is 1.97. The van der Waals surface area contributed by atoms with Gasteiger partial charge in [0.15, 0.2) is 0 Å². The Balaban J connectivity index is 2.87. The summed E-state index contributed by atoms with van der Waals surface area (Å²) in [6.45, 7) is 0. The van der Waals surface area contributed by atoms with Crippen LogP contribution in [0.5, 0.6) is 5.75 Å². The van der Waals surface area contributed by atoms with Gasteiger partial charge in [0.25, 0.3) is 0 Å². The number of aromatic nitrogens is 1.